The van der Waals surface area contributed by atoms with Gasteiger partial charge in [0.15, 0.2) is 0 Å². The Morgan fingerprint density at radius 2 is 1.65 bits per heavy atom. The number of nitrogens with one attached hydrogen (secondary N) is 1. The Hall–Kier alpha value is -1.51. The molecule has 20 heavy (non-hydrogen) atoms. The lowest BCUT2D eigenvalue weighted by molar-refractivity contribution is -0.141. The third-order valence-electron chi connectivity index (χ3n) is 2.43. The van der Waals surface area contributed by atoms with Crippen molar-refractivity contribution in [1.29, 1.82) is 0 Å². The molecule has 1 aromatic carbocycles. The van der Waals surface area contributed by atoms with Gasteiger partial charge in [-0.2, -0.15) is 26.3 Å². The van der Waals surface area contributed by atoms with Gasteiger partial charge in [0, 0.05) is 10.0 Å². The summed E-state index contributed by atoms with van der Waals surface area (Å²) in [7, 11) is 0. The zero-order valence-corrected chi connectivity index (χ0v) is 11.0. The Labute approximate surface area is 117 Å². The second-order valence-corrected chi connectivity index (χ2v) is 4.69. The van der Waals surface area contributed by atoms with Crippen molar-refractivity contribution >= 4 is 15.9 Å². The number of rotatable bonds is 1. The molecule has 0 radical (unpaired) electrons. The quantitative estimate of drug-likeness (QED) is 0.723. The van der Waals surface area contributed by atoms with Crippen molar-refractivity contribution in [1.82, 2.24) is 9.97 Å². The van der Waals surface area contributed by atoms with E-state index in [1.807, 2.05) is 4.98 Å². The first-order chi connectivity index (χ1) is 9.09. The molecule has 0 aliphatic heterocycles. The number of halogens is 7. The fourth-order valence-electron chi connectivity index (χ4n) is 1.50. The van der Waals surface area contributed by atoms with Gasteiger partial charge >= 0.3 is 12.4 Å². The van der Waals surface area contributed by atoms with Crippen LogP contribution < -0.4 is 0 Å². The van der Waals surface area contributed by atoms with Crippen LogP contribution in [0.3, 0.4) is 0 Å². The van der Waals surface area contributed by atoms with Crippen LogP contribution in [0.2, 0.25) is 0 Å². The van der Waals surface area contributed by atoms with Crippen molar-refractivity contribution < 1.29 is 26.3 Å². The van der Waals surface area contributed by atoms with Crippen LogP contribution >= 0.6 is 15.9 Å². The highest BCUT2D eigenvalue weighted by Gasteiger charge is 2.34. The molecule has 0 atom stereocenters. The molecule has 0 amide bonds. The number of nitrogens with zero attached hydrogens (tertiary/aromatic N) is 1. The summed E-state index contributed by atoms with van der Waals surface area (Å²) < 4.78 is 74.5. The minimum absolute atomic E-state index is 0.111. The zero-order valence-electron chi connectivity index (χ0n) is 9.40. The summed E-state index contributed by atoms with van der Waals surface area (Å²) in [6, 6.07) is 2.88. The molecule has 1 aromatic heterocycles. The van der Waals surface area contributed by atoms with E-state index in [2.05, 4.69) is 20.9 Å². The summed E-state index contributed by atoms with van der Waals surface area (Å²) in [4.78, 5) is 5.52. The summed E-state index contributed by atoms with van der Waals surface area (Å²) in [5.74, 6) is -0.160. The molecule has 1 heterocycles. The molecule has 108 valence electrons. The van der Waals surface area contributed by atoms with Crippen molar-refractivity contribution in [3.63, 3.8) is 0 Å². The van der Waals surface area contributed by atoms with Crippen LogP contribution in [-0.4, -0.2) is 9.97 Å². The smallest absolute Gasteiger partial charge is 0.334 e. The normalized spacial score (nSPS) is 12.8. The molecule has 0 unspecified atom stereocenters. The van der Waals surface area contributed by atoms with Crippen molar-refractivity contribution in [3.8, 4) is 11.4 Å². The molecule has 2 nitrogen and oxygen atoms in total. The Bertz CT molecular complexity index is 629. The predicted octanol–water partition coefficient (Wildman–Crippen LogP) is 4.88. The van der Waals surface area contributed by atoms with Crippen LogP contribution in [0.5, 0.6) is 0 Å². The lowest BCUT2D eigenvalue weighted by atomic mass is 10.1. The zero-order chi connectivity index (χ0) is 15.1. The van der Waals surface area contributed by atoms with Crippen molar-refractivity contribution in [2.24, 2.45) is 0 Å². The number of alkyl halides is 6. The van der Waals surface area contributed by atoms with Crippen molar-refractivity contribution in [2.45, 2.75) is 12.4 Å². The molecule has 9 heteroatoms. The first kappa shape index (κ1) is 14.9. The molecular weight excluding hydrogens is 354 g/mol. The largest absolute Gasteiger partial charge is 0.432 e. The van der Waals surface area contributed by atoms with E-state index in [0.29, 0.717) is 6.20 Å². The molecule has 0 saturated carbocycles. The minimum Gasteiger partial charge on any atom is -0.334 e. The average Bonchev–Trinajstić information content (AvgIpc) is 2.75. The van der Waals surface area contributed by atoms with E-state index in [1.165, 1.54) is 0 Å². The van der Waals surface area contributed by atoms with E-state index in [1.54, 1.807) is 0 Å². The summed E-state index contributed by atoms with van der Waals surface area (Å²) in [5.41, 5.74) is -1.87. The summed E-state index contributed by atoms with van der Waals surface area (Å²) in [6.45, 7) is 0. The molecule has 0 aliphatic rings. The highest BCUT2D eigenvalue weighted by Crippen LogP contribution is 2.37. The topological polar surface area (TPSA) is 28.7 Å². The molecule has 2 aromatic rings. The van der Waals surface area contributed by atoms with Gasteiger partial charge < -0.3 is 4.98 Å². The summed E-state index contributed by atoms with van der Waals surface area (Å²) in [6.07, 6.45) is -8.55. The number of benzene rings is 1. The summed E-state index contributed by atoms with van der Waals surface area (Å²) in [5, 5.41) is 0. The lowest BCUT2D eigenvalue weighted by Crippen LogP contribution is -2.06. The molecular formula is C11H5BrF6N2. The van der Waals surface area contributed by atoms with Crippen molar-refractivity contribution in [3.05, 3.63) is 40.1 Å². The highest BCUT2D eigenvalue weighted by molar-refractivity contribution is 9.10. The molecule has 1 N–H and O–H groups in total. The van der Waals surface area contributed by atoms with Gasteiger partial charge in [0.2, 0.25) is 0 Å². The molecule has 0 fully saturated rings. The van der Waals surface area contributed by atoms with Gasteiger partial charge in [0.25, 0.3) is 0 Å². The maximum Gasteiger partial charge on any atom is 0.432 e. The van der Waals surface area contributed by atoms with Gasteiger partial charge in [-0.1, -0.05) is 22.0 Å². The van der Waals surface area contributed by atoms with Gasteiger partial charge in [0.1, 0.15) is 11.5 Å². The SMILES string of the molecule is FC(F)(F)c1cnc(-c2ccc(C(F)(F)F)c(Br)c2)[nH]1. The summed E-state index contributed by atoms with van der Waals surface area (Å²) >= 11 is 2.74. The highest BCUT2D eigenvalue weighted by atomic mass is 79.9. The third kappa shape index (κ3) is 2.97. The average molecular weight is 359 g/mol. The standard InChI is InChI=1S/C11H5BrF6N2/c12-7-3-5(1-2-6(7)10(13,14)15)9-19-4-8(20-9)11(16,17)18/h1-4H,(H,19,20). The fourth-order valence-corrected chi connectivity index (χ4v) is 2.11. The maximum atomic E-state index is 12.5. The second-order valence-electron chi connectivity index (χ2n) is 3.84. The number of H-pyrrole nitrogens is 1. The Kier molecular flexibility index (Phi) is 3.57. The van der Waals surface area contributed by atoms with Crippen LogP contribution in [0.4, 0.5) is 26.3 Å². The molecule has 0 aliphatic carbocycles. The lowest BCUT2D eigenvalue weighted by Gasteiger charge is -2.09. The van der Waals surface area contributed by atoms with E-state index in [4.69, 9.17) is 0 Å². The maximum absolute atomic E-state index is 12.5. The van der Waals surface area contributed by atoms with Crippen LogP contribution in [0, 0.1) is 0 Å². The minimum atomic E-state index is -4.59. The van der Waals surface area contributed by atoms with Gasteiger partial charge in [-0.25, -0.2) is 4.98 Å². The van der Waals surface area contributed by atoms with Crippen LogP contribution in [0.1, 0.15) is 11.3 Å². The van der Waals surface area contributed by atoms with Gasteiger partial charge in [-0.15, -0.1) is 0 Å². The van der Waals surface area contributed by atoms with Crippen LogP contribution in [0.25, 0.3) is 11.4 Å². The van der Waals surface area contributed by atoms with E-state index in [9.17, 15) is 26.3 Å². The second kappa shape index (κ2) is 4.80. The molecule has 0 bridgehead atoms. The molecule has 2 rings (SSSR count). The Morgan fingerprint density at radius 3 is 2.10 bits per heavy atom. The van der Waals surface area contributed by atoms with Gasteiger partial charge in [0.05, 0.1) is 11.8 Å². The fraction of sp³-hybridized carbons (Fsp3) is 0.182. The van der Waals surface area contributed by atoms with Gasteiger partial charge in [-0.05, 0) is 12.1 Å². The van der Waals surface area contributed by atoms with E-state index in [0.717, 1.165) is 18.2 Å². The first-order valence-corrected chi connectivity index (χ1v) is 5.87. The molecule has 0 saturated heterocycles. The number of aromatic nitrogens is 2. The van der Waals surface area contributed by atoms with Crippen molar-refractivity contribution in [2.75, 3.05) is 0 Å². The number of imidazole rings is 1. The Morgan fingerprint density at radius 1 is 1.00 bits per heavy atom. The van der Waals surface area contributed by atoms with E-state index in [-0.39, 0.29) is 15.9 Å². The number of hydrogen-bond acceptors (Lipinski definition) is 1. The van der Waals surface area contributed by atoms with Crippen LogP contribution in [0.15, 0.2) is 28.9 Å². The monoisotopic (exact) mass is 358 g/mol. The van der Waals surface area contributed by atoms with E-state index < -0.39 is 23.6 Å². The first-order valence-electron chi connectivity index (χ1n) is 5.08. The van der Waals surface area contributed by atoms with E-state index >= 15 is 0 Å². The third-order valence-corrected chi connectivity index (χ3v) is 3.09. The Balaban J connectivity index is 2.40. The van der Waals surface area contributed by atoms with Crippen LogP contribution in [-0.2, 0) is 12.4 Å². The molecule has 0 spiro atoms. The number of hydrogen-bond donors (Lipinski definition) is 1. The van der Waals surface area contributed by atoms with Gasteiger partial charge in [-0.3, -0.25) is 0 Å². The predicted molar refractivity (Wildman–Crippen MR) is 61.7 cm³/mol. The number of aromatic amines is 1.